The maximum Gasteiger partial charge on any atom is 0.319 e. The Labute approximate surface area is 182 Å². The van der Waals surface area contributed by atoms with Gasteiger partial charge in [-0.1, -0.05) is 49.7 Å². The molecule has 1 fully saturated rings. The van der Waals surface area contributed by atoms with Gasteiger partial charge in [-0.2, -0.15) is 0 Å². The van der Waals surface area contributed by atoms with Gasteiger partial charge in [0.25, 0.3) is 0 Å². The summed E-state index contributed by atoms with van der Waals surface area (Å²) >= 11 is 5.94. The zero-order chi connectivity index (χ0) is 22.1. The molecule has 2 aromatic rings. The molecule has 30 heavy (non-hydrogen) atoms. The van der Waals surface area contributed by atoms with E-state index in [2.05, 4.69) is 24.1 Å². The van der Waals surface area contributed by atoms with Crippen LogP contribution in [0.15, 0.2) is 36.5 Å². The minimum Gasteiger partial charge on any atom is -0.494 e. The monoisotopic (exact) mass is 430 g/mol. The van der Waals surface area contributed by atoms with Crippen LogP contribution in [-0.2, 0) is 10.2 Å². The second kappa shape index (κ2) is 8.52. The van der Waals surface area contributed by atoms with Gasteiger partial charge in [0.2, 0.25) is 5.91 Å². The van der Waals surface area contributed by atoms with Crippen molar-refractivity contribution < 1.29 is 14.3 Å². The van der Waals surface area contributed by atoms with E-state index in [1.807, 2.05) is 24.3 Å². The SMILES string of the molecule is COc1cc(Cl)ncc1NC(=O)C1(c2ccccc2C(C)C)CN(C(=O)N(C)C)C1. The molecule has 0 radical (unpaired) electrons. The van der Waals surface area contributed by atoms with Crippen LogP contribution in [0.4, 0.5) is 10.5 Å². The predicted octanol–water partition coefficient (Wildman–Crippen LogP) is 3.74. The Kier molecular flexibility index (Phi) is 6.22. The zero-order valence-electron chi connectivity index (χ0n) is 17.9. The molecule has 3 amide bonds. The van der Waals surface area contributed by atoms with Gasteiger partial charge >= 0.3 is 6.03 Å². The standard InChI is InChI=1S/C22H27ClN4O3/c1-14(2)15-8-6-7-9-16(15)22(12-27(13-22)21(29)26(3)4)20(28)25-17-11-24-19(23)10-18(17)30-5/h6-11,14H,12-13H2,1-5H3,(H,25,28). The number of methoxy groups -OCH3 is 1. The molecular formula is C22H27ClN4O3. The van der Waals surface area contributed by atoms with E-state index in [0.29, 0.717) is 24.5 Å². The van der Waals surface area contributed by atoms with E-state index in [0.717, 1.165) is 11.1 Å². The summed E-state index contributed by atoms with van der Waals surface area (Å²) in [5.41, 5.74) is 1.59. The quantitative estimate of drug-likeness (QED) is 0.733. The van der Waals surface area contributed by atoms with Gasteiger partial charge in [0.15, 0.2) is 0 Å². The number of amides is 3. The van der Waals surface area contributed by atoms with Gasteiger partial charge in [0.1, 0.15) is 22.0 Å². The molecule has 7 nitrogen and oxygen atoms in total. The Morgan fingerprint density at radius 2 is 1.93 bits per heavy atom. The second-order valence-corrected chi connectivity index (χ2v) is 8.41. The molecule has 1 aromatic heterocycles. The highest BCUT2D eigenvalue weighted by Gasteiger charge is 2.53. The van der Waals surface area contributed by atoms with E-state index in [-0.39, 0.29) is 23.0 Å². The first-order chi connectivity index (χ1) is 14.2. The molecule has 0 aliphatic carbocycles. The van der Waals surface area contributed by atoms with Crippen molar-refractivity contribution in [2.24, 2.45) is 0 Å². The van der Waals surface area contributed by atoms with E-state index in [9.17, 15) is 9.59 Å². The summed E-state index contributed by atoms with van der Waals surface area (Å²) in [7, 11) is 4.91. The number of carbonyl (C=O) groups is 2. The number of anilines is 1. The summed E-state index contributed by atoms with van der Waals surface area (Å²) in [5.74, 6) is 0.452. The maximum atomic E-state index is 13.6. The summed E-state index contributed by atoms with van der Waals surface area (Å²) < 4.78 is 5.34. The maximum absolute atomic E-state index is 13.6. The lowest BCUT2D eigenvalue weighted by Crippen LogP contribution is -2.67. The minimum atomic E-state index is -0.864. The average molecular weight is 431 g/mol. The molecule has 1 aromatic carbocycles. The van der Waals surface area contributed by atoms with Gasteiger partial charge in [-0.25, -0.2) is 9.78 Å². The van der Waals surface area contributed by atoms with Crippen LogP contribution in [0.2, 0.25) is 5.15 Å². The number of ether oxygens (including phenoxy) is 1. The van der Waals surface area contributed by atoms with Gasteiger partial charge in [0, 0.05) is 33.3 Å². The van der Waals surface area contributed by atoms with E-state index in [1.54, 1.807) is 25.1 Å². The molecule has 160 valence electrons. The highest BCUT2D eigenvalue weighted by atomic mass is 35.5. The molecule has 8 heteroatoms. The van der Waals surface area contributed by atoms with Crippen molar-refractivity contribution in [3.05, 3.63) is 52.8 Å². The number of benzene rings is 1. The van der Waals surface area contributed by atoms with E-state index >= 15 is 0 Å². The van der Waals surface area contributed by atoms with Crippen LogP contribution in [0.25, 0.3) is 0 Å². The molecule has 1 saturated heterocycles. The summed E-state index contributed by atoms with van der Waals surface area (Å²) in [6.07, 6.45) is 1.47. The molecule has 2 heterocycles. The fourth-order valence-electron chi connectivity index (χ4n) is 3.81. The van der Waals surface area contributed by atoms with Crippen molar-refractivity contribution in [1.82, 2.24) is 14.8 Å². The van der Waals surface area contributed by atoms with Crippen LogP contribution in [0.3, 0.4) is 0 Å². The molecule has 0 spiro atoms. The summed E-state index contributed by atoms with van der Waals surface area (Å²) in [5, 5.41) is 3.22. The lowest BCUT2D eigenvalue weighted by Gasteiger charge is -2.50. The Hall–Kier alpha value is -2.80. The molecule has 1 N–H and O–H groups in total. The fraction of sp³-hybridized carbons (Fsp3) is 0.409. The molecule has 3 rings (SSSR count). The van der Waals surface area contributed by atoms with Crippen molar-refractivity contribution in [3.8, 4) is 5.75 Å². The van der Waals surface area contributed by atoms with Crippen molar-refractivity contribution in [1.29, 1.82) is 0 Å². The highest BCUT2D eigenvalue weighted by Crippen LogP contribution is 2.41. The normalized spacial score (nSPS) is 14.8. The Bertz CT molecular complexity index is 955. The number of hydrogen-bond donors (Lipinski definition) is 1. The first-order valence-corrected chi connectivity index (χ1v) is 10.1. The highest BCUT2D eigenvalue weighted by molar-refractivity contribution is 6.29. The number of hydrogen-bond acceptors (Lipinski definition) is 4. The first kappa shape index (κ1) is 21.9. The fourth-order valence-corrected chi connectivity index (χ4v) is 3.96. The molecule has 0 unspecified atom stereocenters. The van der Waals surface area contributed by atoms with E-state index in [1.165, 1.54) is 18.2 Å². The second-order valence-electron chi connectivity index (χ2n) is 8.02. The number of nitrogens with one attached hydrogen (secondary N) is 1. The smallest absolute Gasteiger partial charge is 0.319 e. The Balaban J connectivity index is 2.00. The number of pyridine rings is 1. The average Bonchev–Trinajstić information content (AvgIpc) is 2.68. The summed E-state index contributed by atoms with van der Waals surface area (Å²) in [4.78, 5) is 33.3. The van der Waals surface area contributed by atoms with Crippen LogP contribution >= 0.6 is 11.6 Å². The largest absolute Gasteiger partial charge is 0.494 e. The number of urea groups is 1. The molecule has 1 aliphatic rings. The van der Waals surface area contributed by atoms with E-state index < -0.39 is 5.41 Å². The van der Waals surface area contributed by atoms with Gasteiger partial charge in [0.05, 0.1) is 13.3 Å². The number of nitrogens with zero attached hydrogens (tertiary/aromatic N) is 3. The van der Waals surface area contributed by atoms with Crippen LogP contribution in [0.5, 0.6) is 5.75 Å². The Morgan fingerprint density at radius 1 is 1.27 bits per heavy atom. The van der Waals surface area contributed by atoms with Crippen LogP contribution in [0.1, 0.15) is 30.9 Å². The van der Waals surface area contributed by atoms with Crippen molar-refractivity contribution >= 4 is 29.2 Å². The van der Waals surface area contributed by atoms with Crippen molar-refractivity contribution in [2.45, 2.75) is 25.2 Å². The lowest BCUT2D eigenvalue weighted by molar-refractivity contribution is -0.126. The van der Waals surface area contributed by atoms with Gasteiger partial charge < -0.3 is 19.9 Å². The summed E-state index contributed by atoms with van der Waals surface area (Å²) in [6.45, 7) is 4.78. The third-order valence-corrected chi connectivity index (χ3v) is 5.62. The van der Waals surface area contributed by atoms with E-state index in [4.69, 9.17) is 16.3 Å². The zero-order valence-corrected chi connectivity index (χ0v) is 18.7. The molecule has 0 atom stereocenters. The Morgan fingerprint density at radius 3 is 2.53 bits per heavy atom. The number of likely N-dealkylation sites (tertiary alicyclic amines) is 1. The van der Waals surface area contributed by atoms with Crippen LogP contribution < -0.4 is 10.1 Å². The number of rotatable bonds is 5. The molecule has 0 saturated carbocycles. The number of halogens is 1. The number of aromatic nitrogens is 1. The molecule has 0 bridgehead atoms. The first-order valence-electron chi connectivity index (χ1n) is 9.76. The summed E-state index contributed by atoms with van der Waals surface area (Å²) in [6, 6.07) is 9.34. The van der Waals surface area contributed by atoms with Gasteiger partial charge in [-0.05, 0) is 17.0 Å². The molecule has 1 aliphatic heterocycles. The predicted molar refractivity (Wildman–Crippen MR) is 117 cm³/mol. The van der Waals surface area contributed by atoms with Crippen molar-refractivity contribution in [2.75, 3.05) is 39.6 Å². The van der Waals surface area contributed by atoms with Crippen LogP contribution in [0, 0.1) is 0 Å². The van der Waals surface area contributed by atoms with Crippen molar-refractivity contribution in [3.63, 3.8) is 0 Å². The third kappa shape index (κ3) is 3.94. The third-order valence-electron chi connectivity index (χ3n) is 5.41. The van der Waals surface area contributed by atoms with Gasteiger partial charge in [-0.3, -0.25) is 4.79 Å². The molecular weight excluding hydrogens is 404 g/mol. The van der Waals surface area contributed by atoms with Crippen LogP contribution in [-0.4, -0.2) is 61.0 Å². The lowest BCUT2D eigenvalue weighted by atomic mass is 9.69. The number of carbonyl (C=O) groups excluding carboxylic acids is 2. The minimum absolute atomic E-state index is 0.119. The van der Waals surface area contributed by atoms with Gasteiger partial charge in [-0.15, -0.1) is 0 Å². The topological polar surface area (TPSA) is 74.8 Å².